The maximum absolute atomic E-state index is 12.5. The SMILES string of the molecule is COc1ccc(OC)c(CNC(=O)CCNS(=O)(=O)c2ccc3ccccc3c2)c1. The predicted octanol–water partition coefficient (Wildman–Crippen LogP) is 2.84. The van der Waals surface area contributed by atoms with E-state index in [1.165, 1.54) is 0 Å². The molecule has 30 heavy (non-hydrogen) atoms. The minimum absolute atomic E-state index is 0.00373. The van der Waals surface area contributed by atoms with Crippen molar-refractivity contribution in [1.29, 1.82) is 0 Å². The number of hydrogen-bond acceptors (Lipinski definition) is 5. The fourth-order valence-electron chi connectivity index (χ4n) is 3.02. The number of amides is 1. The van der Waals surface area contributed by atoms with E-state index in [0.717, 1.165) is 16.3 Å². The van der Waals surface area contributed by atoms with Crippen LogP contribution in [0.3, 0.4) is 0 Å². The van der Waals surface area contributed by atoms with E-state index in [0.29, 0.717) is 11.5 Å². The van der Waals surface area contributed by atoms with E-state index in [9.17, 15) is 13.2 Å². The molecule has 0 saturated carbocycles. The Morgan fingerprint density at radius 2 is 1.70 bits per heavy atom. The monoisotopic (exact) mass is 428 g/mol. The number of fused-ring (bicyclic) bond motifs is 1. The highest BCUT2D eigenvalue weighted by atomic mass is 32.2. The Morgan fingerprint density at radius 3 is 2.43 bits per heavy atom. The third kappa shape index (κ3) is 5.28. The number of sulfonamides is 1. The van der Waals surface area contributed by atoms with Crippen LogP contribution < -0.4 is 19.5 Å². The van der Waals surface area contributed by atoms with E-state index >= 15 is 0 Å². The smallest absolute Gasteiger partial charge is 0.240 e. The molecule has 2 N–H and O–H groups in total. The Hall–Kier alpha value is -3.10. The number of carbonyl (C=O) groups is 1. The third-order valence-corrected chi connectivity index (χ3v) is 6.10. The summed E-state index contributed by atoms with van der Waals surface area (Å²) >= 11 is 0. The Labute approximate surface area is 176 Å². The van der Waals surface area contributed by atoms with Crippen LogP contribution in [0.25, 0.3) is 10.8 Å². The minimum atomic E-state index is -3.70. The number of hydrogen-bond donors (Lipinski definition) is 2. The lowest BCUT2D eigenvalue weighted by Crippen LogP contribution is -2.30. The maximum Gasteiger partial charge on any atom is 0.240 e. The molecule has 0 aliphatic rings. The summed E-state index contributed by atoms with van der Waals surface area (Å²) in [6, 6.07) is 17.8. The summed E-state index contributed by atoms with van der Waals surface area (Å²) in [5.41, 5.74) is 0.766. The van der Waals surface area contributed by atoms with E-state index < -0.39 is 10.0 Å². The molecular weight excluding hydrogens is 404 g/mol. The van der Waals surface area contributed by atoms with Crippen molar-refractivity contribution in [2.75, 3.05) is 20.8 Å². The number of nitrogens with one attached hydrogen (secondary N) is 2. The van der Waals surface area contributed by atoms with Crippen molar-refractivity contribution < 1.29 is 22.7 Å². The fourth-order valence-corrected chi connectivity index (χ4v) is 4.09. The summed E-state index contributed by atoms with van der Waals surface area (Å²) in [7, 11) is -0.589. The van der Waals surface area contributed by atoms with Gasteiger partial charge in [-0.2, -0.15) is 0 Å². The Bertz CT molecular complexity index is 1150. The second kappa shape index (κ2) is 9.60. The summed E-state index contributed by atoms with van der Waals surface area (Å²) < 4.78 is 38.0. The Morgan fingerprint density at radius 1 is 0.933 bits per heavy atom. The van der Waals surface area contributed by atoms with Crippen molar-refractivity contribution in [1.82, 2.24) is 10.0 Å². The van der Waals surface area contributed by atoms with Gasteiger partial charge in [0.05, 0.1) is 19.1 Å². The molecule has 7 nitrogen and oxygen atoms in total. The molecule has 8 heteroatoms. The van der Waals surface area contributed by atoms with Crippen molar-refractivity contribution in [3.63, 3.8) is 0 Å². The van der Waals surface area contributed by atoms with Crippen LogP contribution in [0.4, 0.5) is 0 Å². The normalized spacial score (nSPS) is 11.3. The fraction of sp³-hybridized carbons (Fsp3) is 0.227. The van der Waals surface area contributed by atoms with Crippen molar-refractivity contribution in [3.8, 4) is 11.5 Å². The molecule has 0 spiro atoms. The highest BCUT2D eigenvalue weighted by molar-refractivity contribution is 7.89. The van der Waals surface area contributed by atoms with Crippen LogP contribution in [-0.4, -0.2) is 35.1 Å². The molecule has 0 aliphatic heterocycles. The van der Waals surface area contributed by atoms with E-state index in [1.54, 1.807) is 50.6 Å². The lowest BCUT2D eigenvalue weighted by Gasteiger charge is -2.12. The zero-order valence-corrected chi connectivity index (χ0v) is 17.7. The first-order valence-corrected chi connectivity index (χ1v) is 10.9. The first-order chi connectivity index (χ1) is 14.4. The number of methoxy groups -OCH3 is 2. The largest absolute Gasteiger partial charge is 0.497 e. The second-order valence-corrected chi connectivity index (χ2v) is 8.38. The first kappa shape index (κ1) is 21.6. The molecule has 0 saturated heterocycles. The van der Waals surface area contributed by atoms with Crippen LogP contribution in [0.1, 0.15) is 12.0 Å². The van der Waals surface area contributed by atoms with Gasteiger partial charge in [-0.25, -0.2) is 13.1 Å². The zero-order valence-electron chi connectivity index (χ0n) is 16.8. The molecule has 0 unspecified atom stereocenters. The highest BCUT2D eigenvalue weighted by Gasteiger charge is 2.15. The van der Waals surface area contributed by atoms with E-state index in [2.05, 4.69) is 10.0 Å². The van der Waals surface area contributed by atoms with Gasteiger partial charge < -0.3 is 14.8 Å². The standard InChI is InChI=1S/C22H24N2O5S/c1-28-19-8-10-21(29-2)18(13-19)15-23-22(25)11-12-24-30(26,27)20-9-7-16-5-3-4-6-17(16)14-20/h3-10,13-14,24H,11-12,15H2,1-2H3,(H,23,25). The molecule has 3 rings (SSSR count). The van der Waals surface area contributed by atoms with Gasteiger partial charge in [-0.15, -0.1) is 0 Å². The molecule has 0 fully saturated rings. The molecule has 3 aromatic carbocycles. The Kier molecular flexibility index (Phi) is 6.91. The highest BCUT2D eigenvalue weighted by Crippen LogP contribution is 2.23. The van der Waals surface area contributed by atoms with Gasteiger partial charge in [0.1, 0.15) is 11.5 Å². The summed E-state index contributed by atoms with van der Waals surface area (Å²) in [6.45, 7) is 0.243. The summed E-state index contributed by atoms with van der Waals surface area (Å²) in [6.07, 6.45) is 0.0130. The molecule has 0 heterocycles. The van der Waals surface area contributed by atoms with E-state index in [4.69, 9.17) is 9.47 Å². The predicted molar refractivity (Wildman–Crippen MR) is 115 cm³/mol. The zero-order chi connectivity index (χ0) is 21.6. The van der Waals surface area contributed by atoms with Crippen molar-refractivity contribution >= 4 is 26.7 Å². The maximum atomic E-state index is 12.5. The third-order valence-electron chi connectivity index (χ3n) is 4.64. The minimum Gasteiger partial charge on any atom is -0.497 e. The van der Waals surface area contributed by atoms with Crippen LogP contribution in [-0.2, 0) is 21.4 Å². The van der Waals surface area contributed by atoms with Gasteiger partial charge in [-0.1, -0.05) is 30.3 Å². The molecule has 3 aromatic rings. The quantitative estimate of drug-likeness (QED) is 0.547. The van der Waals surface area contributed by atoms with E-state index in [-0.39, 0.29) is 30.3 Å². The molecule has 0 atom stereocenters. The van der Waals surface area contributed by atoms with Crippen LogP contribution in [0.2, 0.25) is 0 Å². The van der Waals surface area contributed by atoms with Crippen LogP contribution in [0, 0.1) is 0 Å². The lowest BCUT2D eigenvalue weighted by atomic mass is 10.1. The van der Waals surface area contributed by atoms with Gasteiger partial charge in [-0.3, -0.25) is 4.79 Å². The van der Waals surface area contributed by atoms with Gasteiger partial charge in [-0.05, 0) is 41.1 Å². The van der Waals surface area contributed by atoms with Crippen LogP contribution in [0.15, 0.2) is 65.6 Å². The van der Waals surface area contributed by atoms with Gasteiger partial charge in [0.25, 0.3) is 0 Å². The number of ether oxygens (including phenoxy) is 2. The molecule has 158 valence electrons. The van der Waals surface area contributed by atoms with Crippen LogP contribution >= 0.6 is 0 Å². The van der Waals surface area contributed by atoms with Crippen molar-refractivity contribution in [2.24, 2.45) is 0 Å². The van der Waals surface area contributed by atoms with Crippen molar-refractivity contribution in [3.05, 3.63) is 66.2 Å². The van der Waals surface area contributed by atoms with E-state index in [1.807, 2.05) is 24.3 Å². The van der Waals surface area contributed by atoms with Gasteiger partial charge in [0.2, 0.25) is 15.9 Å². The molecule has 0 aromatic heterocycles. The van der Waals surface area contributed by atoms with Gasteiger partial charge in [0, 0.05) is 25.1 Å². The van der Waals surface area contributed by atoms with Crippen molar-refractivity contribution in [2.45, 2.75) is 17.9 Å². The lowest BCUT2D eigenvalue weighted by molar-refractivity contribution is -0.121. The summed E-state index contributed by atoms with van der Waals surface area (Å²) in [5.74, 6) is 1.01. The molecule has 0 bridgehead atoms. The molecular formula is C22H24N2O5S. The second-order valence-electron chi connectivity index (χ2n) is 6.61. The van der Waals surface area contributed by atoms with Crippen LogP contribution in [0.5, 0.6) is 11.5 Å². The van der Waals surface area contributed by atoms with Gasteiger partial charge in [0.15, 0.2) is 0 Å². The molecule has 0 radical (unpaired) electrons. The average molecular weight is 429 g/mol. The number of carbonyl (C=O) groups excluding carboxylic acids is 1. The molecule has 1 amide bonds. The number of benzene rings is 3. The Balaban J connectivity index is 1.54. The van der Waals surface area contributed by atoms with Gasteiger partial charge >= 0.3 is 0 Å². The topological polar surface area (TPSA) is 93.7 Å². The summed E-state index contributed by atoms with van der Waals surface area (Å²) in [4.78, 5) is 12.3. The first-order valence-electron chi connectivity index (χ1n) is 9.39. The summed E-state index contributed by atoms with van der Waals surface area (Å²) in [5, 5.41) is 4.57. The average Bonchev–Trinajstić information content (AvgIpc) is 2.77. The molecule has 0 aliphatic carbocycles. The number of rotatable bonds is 9.